The molecule has 2 N–H and O–H groups in total. The quantitative estimate of drug-likeness (QED) is 0.323. The Hall–Kier alpha value is -3.12. The molecular weight excluding hydrogens is 396 g/mol. The topological polar surface area (TPSA) is 75.5 Å². The number of hydrogen-bond donors (Lipinski definition) is 2. The fourth-order valence-electron chi connectivity index (χ4n) is 3.32. The van der Waals surface area contributed by atoms with Crippen LogP contribution in [0.15, 0.2) is 54.6 Å². The van der Waals surface area contributed by atoms with Gasteiger partial charge < -0.3 is 14.9 Å². The molecule has 0 saturated carbocycles. The molecule has 0 atom stereocenters. The number of fused-ring (bicyclic) bond motifs is 1. The van der Waals surface area contributed by atoms with Gasteiger partial charge in [0.05, 0.1) is 12.2 Å². The van der Waals surface area contributed by atoms with Crippen LogP contribution in [0.25, 0.3) is 31.9 Å². The van der Waals surface area contributed by atoms with E-state index in [1.54, 1.807) is 6.07 Å². The summed E-state index contributed by atoms with van der Waals surface area (Å²) in [5, 5.41) is 31.6. The molecule has 3 aromatic carbocycles. The second kappa shape index (κ2) is 9.13. The Balaban J connectivity index is 1.51. The number of phenolic OH excluding ortho intramolecular Hbond substituents is 2. The van der Waals surface area contributed by atoms with Crippen LogP contribution in [0.3, 0.4) is 0 Å². The summed E-state index contributed by atoms with van der Waals surface area (Å²) >= 11 is 1.40. The van der Waals surface area contributed by atoms with Crippen LogP contribution in [-0.4, -0.2) is 27.0 Å². The Morgan fingerprint density at radius 3 is 2.47 bits per heavy atom. The Morgan fingerprint density at radius 2 is 1.63 bits per heavy atom. The van der Waals surface area contributed by atoms with Gasteiger partial charge >= 0.3 is 0 Å². The van der Waals surface area contributed by atoms with Gasteiger partial charge in [-0.25, -0.2) is 0 Å². The molecule has 30 heavy (non-hydrogen) atoms. The third kappa shape index (κ3) is 4.54. The minimum absolute atomic E-state index is 0.0137. The zero-order valence-corrected chi connectivity index (χ0v) is 17.7. The zero-order valence-electron chi connectivity index (χ0n) is 16.8. The molecular formula is C24H24N2O3S. The van der Waals surface area contributed by atoms with E-state index in [2.05, 4.69) is 41.4 Å². The van der Waals surface area contributed by atoms with Crippen LogP contribution < -0.4 is 4.74 Å². The number of phenols is 2. The second-order valence-corrected chi connectivity index (χ2v) is 8.22. The van der Waals surface area contributed by atoms with Crippen LogP contribution in [-0.2, 0) is 0 Å². The molecule has 154 valence electrons. The van der Waals surface area contributed by atoms with Crippen LogP contribution in [0.4, 0.5) is 0 Å². The molecule has 0 spiro atoms. The number of unbranched alkanes of at least 4 members (excludes halogenated alkanes) is 3. The first-order valence-electron chi connectivity index (χ1n) is 10.2. The van der Waals surface area contributed by atoms with Gasteiger partial charge in [0.2, 0.25) is 0 Å². The smallest absolute Gasteiger partial charge is 0.151 e. The van der Waals surface area contributed by atoms with Gasteiger partial charge in [-0.3, -0.25) is 0 Å². The largest absolute Gasteiger partial charge is 0.508 e. The van der Waals surface area contributed by atoms with Gasteiger partial charge in [-0.2, -0.15) is 0 Å². The first kappa shape index (κ1) is 20.2. The van der Waals surface area contributed by atoms with Gasteiger partial charge in [0, 0.05) is 11.6 Å². The average molecular weight is 421 g/mol. The predicted octanol–water partition coefficient (Wildman–Crippen LogP) is 6.40. The standard InChI is InChI=1S/C24H24N2O3S/c1-2-3-4-5-12-29-20-10-8-16-13-18(7-6-17(16)14-20)23-25-26-24(30-23)21-11-9-19(27)15-22(21)28/h6-11,13-15,27-28H,2-5,12H2,1H3. The Kier molecular flexibility index (Phi) is 6.14. The highest BCUT2D eigenvalue weighted by atomic mass is 32.1. The van der Waals surface area contributed by atoms with Crippen LogP contribution in [0.1, 0.15) is 32.6 Å². The van der Waals surface area contributed by atoms with Crippen molar-refractivity contribution >= 4 is 22.1 Å². The summed E-state index contributed by atoms with van der Waals surface area (Å²) in [5.41, 5.74) is 1.52. The van der Waals surface area contributed by atoms with Crippen molar-refractivity contribution in [1.82, 2.24) is 10.2 Å². The first-order chi connectivity index (χ1) is 14.6. The van der Waals surface area contributed by atoms with Crippen molar-refractivity contribution in [2.75, 3.05) is 6.61 Å². The molecule has 6 heteroatoms. The van der Waals surface area contributed by atoms with E-state index >= 15 is 0 Å². The summed E-state index contributed by atoms with van der Waals surface area (Å²) in [6.45, 7) is 2.96. The molecule has 0 saturated heterocycles. The Labute approximate surface area is 179 Å². The van der Waals surface area contributed by atoms with Gasteiger partial charge in [0.25, 0.3) is 0 Å². The number of nitrogens with zero attached hydrogens (tertiary/aromatic N) is 2. The normalized spacial score (nSPS) is 11.1. The van der Waals surface area contributed by atoms with E-state index in [1.165, 1.54) is 42.7 Å². The number of hydrogen-bond acceptors (Lipinski definition) is 6. The third-order valence-corrected chi connectivity index (χ3v) is 5.97. The Morgan fingerprint density at radius 1 is 0.833 bits per heavy atom. The van der Waals surface area contributed by atoms with E-state index in [0.717, 1.165) is 40.1 Å². The van der Waals surface area contributed by atoms with E-state index < -0.39 is 0 Å². The van der Waals surface area contributed by atoms with Crippen LogP contribution in [0.5, 0.6) is 17.2 Å². The van der Waals surface area contributed by atoms with Gasteiger partial charge in [-0.15, -0.1) is 10.2 Å². The number of rotatable bonds is 8. The van der Waals surface area contributed by atoms with E-state index in [1.807, 2.05) is 12.1 Å². The van der Waals surface area contributed by atoms with Crippen LogP contribution in [0.2, 0.25) is 0 Å². The Bertz CT molecular complexity index is 1160. The van der Waals surface area contributed by atoms with Crippen LogP contribution >= 0.6 is 11.3 Å². The van der Waals surface area contributed by atoms with E-state index in [-0.39, 0.29) is 11.5 Å². The number of benzene rings is 3. The first-order valence-corrected chi connectivity index (χ1v) is 11.0. The third-order valence-electron chi connectivity index (χ3n) is 4.96. The maximum atomic E-state index is 10.1. The van der Waals surface area contributed by atoms with Crippen molar-refractivity contribution < 1.29 is 14.9 Å². The lowest BCUT2D eigenvalue weighted by molar-refractivity contribution is 0.305. The summed E-state index contributed by atoms with van der Waals surface area (Å²) < 4.78 is 5.89. The molecule has 0 amide bonds. The molecule has 0 aliphatic heterocycles. The van der Waals surface area contributed by atoms with Crippen molar-refractivity contribution in [3.63, 3.8) is 0 Å². The summed E-state index contributed by atoms with van der Waals surface area (Å²) in [5.74, 6) is 0.894. The molecule has 5 nitrogen and oxygen atoms in total. The van der Waals surface area contributed by atoms with Crippen molar-refractivity contribution in [1.29, 1.82) is 0 Å². The highest BCUT2D eigenvalue weighted by Gasteiger charge is 2.13. The minimum Gasteiger partial charge on any atom is -0.508 e. The van der Waals surface area contributed by atoms with Gasteiger partial charge in [-0.1, -0.05) is 55.7 Å². The maximum Gasteiger partial charge on any atom is 0.151 e. The van der Waals surface area contributed by atoms with E-state index in [9.17, 15) is 10.2 Å². The molecule has 0 fully saturated rings. The lowest BCUT2D eigenvalue weighted by Gasteiger charge is -2.08. The highest BCUT2D eigenvalue weighted by molar-refractivity contribution is 7.18. The molecule has 0 unspecified atom stereocenters. The molecule has 4 rings (SSSR count). The molecule has 1 heterocycles. The average Bonchev–Trinajstić information content (AvgIpc) is 3.23. The lowest BCUT2D eigenvalue weighted by atomic mass is 10.1. The van der Waals surface area contributed by atoms with Crippen molar-refractivity contribution in [2.45, 2.75) is 32.6 Å². The van der Waals surface area contributed by atoms with Gasteiger partial charge in [0.1, 0.15) is 22.3 Å². The fourth-order valence-corrected chi connectivity index (χ4v) is 4.19. The summed E-state index contributed by atoms with van der Waals surface area (Å²) in [4.78, 5) is 0. The van der Waals surface area contributed by atoms with Crippen molar-refractivity contribution in [3.8, 4) is 38.4 Å². The molecule has 0 bridgehead atoms. The second-order valence-electron chi connectivity index (χ2n) is 7.25. The summed E-state index contributed by atoms with van der Waals surface area (Å²) in [6, 6.07) is 16.8. The minimum atomic E-state index is -0.0153. The zero-order chi connectivity index (χ0) is 20.9. The molecule has 1 aromatic heterocycles. The van der Waals surface area contributed by atoms with Crippen molar-refractivity contribution in [3.05, 3.63) is 54.6 Å². The molecule has 0 radical (unpaired) electrons. The van der Waals surface area contributed by atoms with E-state index in [0.29, 0.717) is 10.6 Å². The monoisotopic (exact) mass is 420 g/mol. The fraction of sp³-hybridized carbons (Fsp3) is 0.250. The maximum absolute atomic E-state index is 10.1. The van der Waals surface area contributed by atoms with Crippen molar-refractivity contribution in [2.24, 2.45) is 0 Å². The van der Waals surface area contributed by atoms with E-state index in [4.69, 9.17) is 4.74 Å². The van der Waals surface area contributed by atoms with Gasteiger partial charge in [0.15, 0.2) is 5.01 Å². The summed E-state index contributed by atoms with van der Waals surface area (Å²) in [7, 11) is 0. The molecule has 4 aromatic rings. The lowest BCUT2D eigenvalue weighted by Crippen LogP contribution is -1.97. The predicted molar refractivity (Wildman–Crippen MR) is 121 cm³/mol. The SMILES string of the molecule is CCCCCCOc1ccc2cc(-c3nnc(-c4ccc(O)cc4O)s3)ccc2c1. The van der Waals surface area contributed by atoms with Gasteiger partial charge in [-0.05, 0) is 47.5 Å². The summed E-state index contributed by atoms with van der Waals surface area (Å²) in [6.07, 6.45) is 4.77. The number of ether oxygens (including phenoxy) is 1. The number of aromatic hydroxyl groups is 2. The molecule has 0 aliphatic rings. The number of aromatic nitrogens is 2. The molecule has 0 aliphatic carbocycles. The highest BCUT2D eigenvalue weighted by Crippen LogP contribution is 2.37. The van der Waals surface area contributed by atoms with Crippen LogP contribution in [0, 0.1) is 0 Å².